The van der Waals surface area contributed by atoms with Gasteiger partial charge in [0.25, 0.3) is 11.8 Å². The SMILES string of the molecule is Cc1ccccc1-c1nnn(CC(=O)NN2C(=O)NC3(CCC(C)CC3)C2=O)n1. The van der Waals surface area contributed by atoms with Gasteiger partial charge < -0.3 is 5.32 Å². The maximum absolute atomic E-state index is 12.8. The number of aromatic nitrogens is 4. The number of hydrazine groups is 1. The molecule has 1 saturated carbocycles. The van der Waals surface area contributed by atoms with Crippen LogP contribution in [0.5, 0.6) is 0 Å². The summed E-state index contributed by atoms with van der Waals surface area (Å²) in [5.41, 5.74) is 3.28. The number of hydrogen-bond donors (Lipinski definition) is 2. The number of nitrogens with zero attached hydrogens (tertiary/aromatic N) is 5. The summed E-state index contributed by atoms with van der Waals surface area (Å²) in [5, 5.41) is 15.6. The molecule has 29 heavy (non-hydrogen) atoms. The molecule has 2 heterocycles. The van der Waals surface area contributed by atoms with Gasteiger partial charge in [0.2, 0.25) is 5.82 Å². The van der Waals surface area contributed by atoms with Crippen LogP contribution in [0.3, 0.4) is 0 Å². The van der Waals surface area contributed by atoms with Crippen LogP contribution in [0.25, 0.3) is 11.4 Å². The van der Waals surface area contributed by atoms with Gasteiger partial charge in [-0.1, -0.05) is 31.2 Å². The van der Waals surface area contributed by atoms with Crippen LogP contribution in [0.1, 0.15) is 38.2 Å². The number of hydrogen-bond acceptors (Lipinski definition) is 6. The Morgan fingerprint density at radius 2 is 2.00 bits per heavy atom. The Morgan fingerprint density at radius 3 is 2.72 bits per heavy atom. The van der Waals surface area contributed by atoms with Crippen molar-refractivity contribution in [3.8, 4) is 11.4 Å². The number of urea groups is 1. The maximum Gasteiger partial charge on any atom is 0.344 e. The number of rotatable bonds is 4. The van der Waals surface area contributed by atoms with E-state index in [2.05, 4.69) is 33.1 Å². The second-order valence-electron chi connectivity index (χ2n) is 7.83. The molecule has 4 amide bonds. The van der Waals surface area contributed by atoms with Gasteiger partial charge in [0.15, 0.2) is 0 Å². The summed E-state index contributed by atoms with van der Waals surface area (Å²) < 4.78 is 0. The lowest BCUT2D eigenvalue weighted by atomic mass is 9.77. The largest absolute Gasteiger partial charge is 0.344 e. The summed E-state index contributed by atoms with van der Waals surface area (Å²) >= 11 is 0. The second kappa shape index (κ2) is 7.26. The molecule has 10 nitrogen and oxygen atoms in total. The van der Waals surface area contributed by atoms with Crippen LogP contribution in [0.4, 0.5) is 4.79 Å². The molecule has 152 valence electrons. The van der Waals surface area contributed by atoms with E-state index < -0.39 is 23.4 Å². The molecular weight excluding hydrogens is 374 g/mol. The predicted octanol–water partition coefficient (Wildman–Crippen LogP) is 1.18. The number of benzene rings is 1. The molecule has 0 atom stereocenters. The topological polar surface area (TPSA) is 122 Å². The summed E-state index contributed by atoms with van der Waals surface area (Å²) in [7, 11) is 0. The van der Waals surface area contributed by atoms with Crippen molar-refractivity contribution in [1.82, 2.24) is 36.0 Å². The minimum Gasteiger partial charge on any atom is -0.322 e. The lowest BCUT2D eigenvalue weighted by molar-refractivity contribution is -0.140. The minimum atomic E-state index is -0.902. The fourth-order valence-corrected chi connectivity index (χ4v) is 3.85. The molecule has 0 radical (unpaired) electrons. The van der Waals surface area contributed by atoms with E-state index in [-0.39, 0.29) is 6.54 Å². The Hall–Kier alpha value is -3.30. The number of carbonyl (C=O) groups is 3. The summed E-state index contributed by atoms with van der Waals surface area (Å²) in [6.07, 6.45) is 2.88. The van der Waals surface area contributed by atoms with Crippen molar-refractivity contribution in [1.29, 1.82) is 0 Å². The van der Waals surface area contributed by atoms with Crippen molar-refractivity contribution < 1.29 is 14.4 Å². The van der Waals surface area contributed by atoms with E-state index in [0.29, 0.717) is 24.6 Å². The molecule has 2 N–H and O–H groups in total. The predicted molar refractivity (Wildman–Crippen MR) is 102 cm³/mol. The molecule has 1 aromatic carbocycles. The highest BCUT2D eigenvalue weighted by atomic mass is 16.2. The zero-order chi connectivity index (χ0) is 20.6. The van der Waals surface area contributed by atoms with Gasteiger partial charge in [0, 0.05) is 5.56 Å². The molecule has 2 fully saturated rings. The average Bonchev–Trinajstić information content (AvgIpc) is 3.23. The summed E-state index contributed by atoms with van der Waals surface area (Å²) in [6.45, 7) is 3.80. The first-order valence-electron chi connectivity index (χ1n) is 9.68. The number of nitrogens with one attached hydrogen (secondary N) is 2. The number of amides is 4. The third-order valence-corrected chi connectivity index (χ3v) is 5.65. The van der Waals surface area contributed by atoms with E-state index in [9.17, 15) is 14.4 Å². The lowest BCUT2D eigenvalue weighted by Crippen LogP contribution is -2.52. The van der Waals surface area contributed by atoms with Crippen molar-refractivity contribution in [2.45, 2.75) is 51.6 Å². The Labute approximate surface area is 167 Å². The molecule has 1 saturated heterocycles. The van der Waals surface area contributed by atoms with Crippen molar-refractivity contribution in [2.75, 3.05) is 0 Å². The Morgan fingerprint density at radius 1 is 1.28 bits per heavy atom. The highest BCUT2D eigenvalue weighted by Gasteiger charge is 2.52. The molecule has 1 aliphatic carbocycles. The Balaban J connectivity index is 1.41. The lowest BCUT2D eigenvalue weighted by Gasteiger charge is -2.33. The molecule has 1 aromatic heterocycles. The number of aryl methyl sites for hydroxylation is 1. The van der Waals surface area contributed by atoms with Crippen LogP contribution in [-0.2, 0) is 16.1 Å². The minimum absolute atomic E-state index is 0.264. The average molecular weight is 397 g/mol. The first kappa shape index (κ1) is 19.0. The van der Waals surface area contributed by atoms with Crippen LogP contribution in [0, 0.1) is 12.8 Å². The fourth-order valence-electron chi connectivity index (χ4n) is 3.85. The van der Waals surface area contributed by atoms with E-state index >= 15 is 0 Å². The van der Waals surface area contributed by atoms with E-state index in [4.69, 9.17) is 0 Å². The third kappa shape index (κ3) is 3.57. The molecule has 2 aromatic rings. The monoisotopic (exact) mass is 397 g/mol. The molecular formula is C19H23N7O3. The quantitative estimate of drug-likeness (QED) is 0.747. The van der Waals surface area contributed by atoms with E-state index in [1.165, 1.54) is 0 Å². The van der Waals surface area contributed by atoms with Crippen molar-refractivity contribution in [2.24, 2.45) is 5.92 Å². The molecule has 1 spiro atoms. The summed E-state index contributed by atoms with van der Waals surface area (Å²) in [5.74, 6) is -0.0608. The number of imide groups is 1. The van der Waals surface area contributed by atoms with E-state index in [0.717, 1.165) is 33.8 Å². The Kier molecular flexibility index (Phi) is 4.77. The van der Waals surface area contributed by atoms with Crippen LogP contribution in [0.15, 0.2) is 24.3 Å². The Bertz CT molecular complexity index is 962. The van der Waals surface area contributed by atoms with Gasteiger partial charge in [0.1, 0.15) is 12.1 Å². The zero-order valence-corrected chi connectivity index (χ0v) is 16.4. The van der Waals surface area contributed by atoms with Crippen molar-refractivity contribution in [3.63, 3.8) is 0 Å². The van der Waals surface area contributed by atoms with Gasteiger partial charge in [-0.3, -0.25) is 15.0 Å². The van der Waals surface area contributed by atoms with Crippen LogP contribution >= 0.6 is 0 Å². The normalized spacial score (nSPS) is 24.1. The molecule has 0 bridgehead atoms. The first-order chi connectivity index (χ1) is 13.9. The van der Waals surface area contributed by atoms with Crippen LogP contribution < -0.4 is 10.7 Å². The standard InChI is InChI=1S/C19H23N7O3/c1-12-7-9-19(10-8-12)17(28)26(18(29)20-19)22-15(27)11-25-23-16(21-24-25)14-6-4-3-5-13(14)2/h3-6,12H,7-11H2,1-2H3,(H,20,29)(H,22,27). The van der Waals surface area contributed by atoms with Gasteiger partial charge in [-0.05, 0) is 49.3 Å². The summed E-state index contributed by atoms with van der Waals surface area (Å²) in [4.78, 5) is 38.6. The smallest absolute Gasteiger partial charge is 0.322 e. The van der Waals surface area contributed by atoms with Crippen molar-refractivity contribution >= 4 is 17.8 Å². The van der Waals surface area contributed by atoms with Gasteiger partial charge in [0.05, 0.1) is 0 Å². The maximum atomic E-state index is 12.8. The fraction of sp³-hybridized carbons (Fsp3) is 0.474. The summed E-state index contributed by atoms with van der Waals surface area (Å²) in [6, 6.07) is 6.98. The molecule has 10 heteroatoms. The van der Waals surface area contributed by atoms with Crippen molar-refractivity contribution in [3.05, 3.63) is 29.8 Å². The highest BCUT2D eigenvalue weighted by Crippen LogP contribution is 2.35. The second-order valence-corrected chi connectivity index (χ2v) is 7.83. The highest BCUT2D eigenvalue weighted by molar-refractivity contribution is 6.08. The van der Waals surface area contributed by atoms with Crippen LogP contribution in [-0.4, -0.2) is 48.6 Å². The van der Waals surface area contributed by atoms with E-state index in [1.54, 1.807) is 0 Å². The van der Waals surface area contributed by atoms with Crippen LogP contribution in [0.2, 0.25) is 0 Å². The molecule has 1 aliphatic heterocycles. The first-order valence-corrected chi connectivity index (χ1v) is 9.68. The van der Waals surface area contributed by atoms with Gasteiger partial charge in [-0.25, -0.2) is 4.79 Å². The number of tetrazole rings is 1. The third-order valence-electron chi connectivity index (χ3n) is 5.65. The van der Waals surface area contributed by atoms with Gasteiger partial charge in [-0.2, -0.15) is 9.81 Å². The zero-order valence-electron chi connectivity index (χ0n) is 16.4. The molecule has 4 rings (SSSR count). The molecule has 0 unspecified atom stereocenters. The van der Waals surface area contributed by atoms with Gasteiger partial charge >= 0.3 is 6.03 Å². The number of carbonyl (C=O) groups excluding carboxylic acids is 3. The molecule has 2 aliphatic rings. The van der Waals surface area contributed by atoms with E-state index in [1.807, 2.05) is 31.2 Å². The van der Waals surface area contributed by atoms with Gasteiger partial charge in [-0.15, -0.1) is 10.2 Å².